The van der Waals surface area contributed by atoms with Crippen molar-refractivity contribution in [3.63, 3.8) is 0 Å². The van der Waals surface area contributed by atoms with E-state index in [1.165, 1.54) is 0 Å². The van der Waals surface area contributed by atoms with Crippen LogP contribution in [0.3, 0.4) is 0 Å². The van der Waals surface area contributed by atoms with E-state index in [0.717, 1.165) is 0 Å². The molecule has 0 aromatic rings. The Labute approximate surface area is 75.7 Å². The lowest BCUT2D eigenvalue weighted by atomic mass is 10.3. The van der Waals surface area contributed by atoms with Gasteiger partial charge in [-0.05, 0) is 6.92 Å². The maximum Gasteiger partial charge on any atom is 0.315 e. The van der Waals surface area contributed by atoms with E-state index in [-0.39, 0.29) is 18.5 Å². The second kappa shape index (κ2) is 4.08. The maximum atomic E-state index is 11.2. The third-order valence-corrected chi connectivity index (χ3v) is 1.66. The van der Waals surface area contributed by atoms with E-state index in [9.17, 15) is 9.59 Å². The fourth-order valence-corrected chi connectivity index (χ4v) is 0.985. The molecule has 1 fully saturated rings. The highest BCUT2D eigenvalue weighted by Gasteiger charge is 2.26. The third kappa shape index (κ3) is 2.90. The van der Waals surface area contributed by atoms with Crippen LogP contribution in [0.15, 0.2) is 0 Å². The highest BCUT2D eigenvalue weighted by atomic mass is 16.3. The van der Waals surface area contributed by atoms with Gasteiger partial charge >= 0.3 is 6.03 Å². The summed E-state index contributed by atoms with van der Waals surface area (Å²) in [5, 5.41) is 16.3. The van der Waals surface area contributed by atoms with Crippen LogP contribution < -0.4 is 16.0 Å². The van der Waals surface area contributed by atoms with Crippen LogP contribution in [0, 0.1) is 0 Å². The zero-order chi connectivity index (χ0) is 9.84. The van der Waals surface area contributed by atoms with Gasteiger partial charge in [0.05, 0.1) is 6.10 Å². The van der Waals surface area contributed by atoms with E-state index >= 15 is 0 Å². The Morgan fingerprint density at radius 3 is 3.00 bits per heavy atom. The average Bonchev–Trinajstić information content (AvgIpc) is 2.47. The van der Waals surface area contributed by atoms with E-state index in [4.69, 9.17) is 5.11 Å². The van der Waals surface area contributed by atoms with Gasteiger partial charge in [-0.15, -0.1) is 0 Å². The van der Waals surface area contributed by atoms with Crippen molar-refractivity contribution < 1.29 is 14.7 Å². The van der Waals surface area contributed by atoms with Crippen molar-refractivity contribution in [2.24, 2.45) is 0 Å². The molecular weight excluding hydrogens is 174 g/mol. The second-order valence-corrected chi connectivity index (χ2v) is 3.00. The van der Waals surface area contributed by atoms with E-state index in [0.29, 0.717) is 6.54 Å². The van der Waals surface area contributed by atoms with Gasteiger partial charge in [0.15, 0.2) is 0 Å². The summed E-state index contributed by atoms with van der Waals surface area (Å²) in [6, 6.07) is -0.858. The SMILES string of the molecule is C[C@H](O)CNC(=O)[C@@H]1CNC(=O)N1. The Hall–Kier alpha value is -1.30. The molecule has 6 heteroatoms. The van der Waals surface area contributed by atoms with E-state index in [2.05, 4.69) is 16.0 Å². The Morgan fingerprint density at radius 1 is 1.85 bits per heavy atom. The summed E-state index contributed by atoms with van der Waals surface area (Å²) >= 11 is 0. The monoisotopic (exact) mass is 187 g/mol. The molecule has 0 saturated carbocycles. The summed E-state index contributed by atoms with van der Waals surface area (Å²) < 4.78 is 0. The van der Waals surface area contributed by atoms with Gasteiger partial charge in [0.1, 0.15) is 6.04 Å². The van der Waals surface area contributed by atoms with Gasteiger partial charge in [-0.25, -0.2) is 4.79 Å². The van der Waals surface area contributed by atoms with Crippen LogP contribution in [0.1, 0.15) is 6.92 Å². The quantitative estimate of drug-likeness (QED) is 0.418. The van der Waals surface area contributed by atoms with Gasteiger partial charge in [0.25, 0.3) is 0 Å². The Kier molecular flexibility index (Phi) is 3.07. The first-order valence-corrected chi connectivity index (χ1v) is 4.09. The van der Waals surface area contributed by atoms with Crippen molar-refractivity contribution in [2.45, 2.75) is 19.1 Å². The van der Waals surface area contributed by atoms with Crippen LogP contribution in [0.25, 0.3) is 0 Å². The van der Waals surface area contributed by atoms with Crippen LogP contribution >= 0.6 is 0 Å². The molecule has 3 amide bonds. The van der Waals surface area contributed by atoms with Crippen molar-refractivity contribution in [1.82, 2.24) is 16.0 Å². The molecule has 1 heterocycles. The Balaban J connectivity index is 2.27. The molecule has 1 aliphatic rings. The number of carbonyl (C=O) groups excluding carboxylic acids is 2. The lowest BCUT2D eigenvalue weighted by Crippen LogP contribution is -2.44. The molecule has 0 radical (unpaired) electrons. The molecule has 0 aromatic carbocycles. The third-order valence-electron chi connectivity index (χ3n) is 1.66. The number of rotatable bonds is 3. The standard InChI is InChI=1S/C7H13N3O3/c1-4(11)2-8-6(12)5-3-9-7(13)10-5/h4-5,11H,2-3H2,1H3,(H,8,12)(H2,9,10,13)/t4-,5-/m0/s1. The molecule has 0 unspecified atom stereocenters. The first kappa shape index (κ1) is 9.79. The number of carbonyl (C=O) groups is 2. The smallest absolute Gasteiger partial charge is 0.315 e. The van der Waals surface area contributed by atoms with Gasteiger partial charge < -0.3 is 21.1 Å². The predicted molar refractivity (Wildman–Crippen MR) is 45.0 cm³/mol. The number of aliphatic hydroxyl groups is 1. The largest absolute Gasteiger partial charge is 0.392 e. The van der Waals surface area contributed by atoms with E-state index in [1.54, 1.807) is 6.92 Å². The second-order valence-electron chi connectivity index (χ2n) is 3.00. The highest BCUT2D eigenvalue weighted by molar-refractivity contribution is 5.90. The summed E-state index contributed by atoms with van der Waals surface area (Å²) in [6.45, 7) is 2.07. The number of hydrogen-bond donors (Lipinski definition) is 4. The van der Waals surface area contributed by atoms with Gasteiger partial charge in [0.2, 0.25) is 5.91 Å². The zero-order valence-corrected chi connectivity index (χ0v) is 7.33. The predicted octanol–water partition coefficient (Wildman–Crippen LogP) is -1.84. The summed E-state index contributed by atoms with van der Waals surface area (Å²) in [7, 11) is 0. The summed E-state index contributed by atoms with van der Waals surface area (Å²) in [5.41, 5.74) is 0. The van der Waals surface area contributed by atoms with E-state index < -0.39 is 12.1 Å². The van der Waals surface area contributed by atoms with Crippen LogP contribution in [-0.2, 0) is 4.79 Å². The normalized spacial score (nSPS) is 23.2. The zero-order valence-electron chi connectivity index (χ0n) is 7.33. The molecule has 4 N–H and O–H groups in total. The highest BCUT2D eigenvalue weighted by Crippen LogP contribution is 1.90. The Morgan fingerprint density at radius 2 is 2.54 bits per heavy atom. The minimum absolute atomic E-state index is 0.200. The molecule has 0 aliphatic carbocycles. The number of urea groups is 1. The fourth-order valence-electron chi connectivity index (χ4n) is 0.985. The van der Waals surface area contributed by atoms with Gasteiger partial charge in [-0.1, -0.05) is 0 Å². The molecule has 0 aromatic heterocycles. The fraction of sp³-hybridized carbons (Fsp3) is 0.714. The van der Waals surface area contributed by atoms with Gasteiger partial charge in [-0.3, -0.25) is 4.79 Å². The molecule has 6 nitrogen and oxygen atoms in total. The number of aliphatic hydroxyl groups excluding tert-OH is 1. The van der Waals surface area contributed by atoms with Gasteiger partial charge in [-0.2, -0.15) is 0 Å². The number of nitrogens with one attached hydrogen (secondary N) is 3. The van der Waals surface area contributed by atoms with Crippen molar-refractivity contribution in [3.8, 4) is 0 Å². The molecule has 1 saturated heterocycles. The molecule has 1 rings (SSSR count). The van der Waals surface area contributed by atoms with Crippen molar-refractivity contribution >= 4 is 11.9 Å². The van der Waals surface area contributed by atoms with Crippen LogP contribution in [0.4, 0.5) is 4.79 Å². The lowest BCUT2D eigenvalue weighted by molar-refractivity contribution is -0.122. The van der Waals surface area contributed by atoms with Crippen molar-refractivity contribution in [3.05, 3.63) is 0 Å². The maximum absolute atomic E-state index is 11.2. The molecule has 74 valence electrons. The van der Waals surface area contributed by atoms with Crippen molar-refractivity contribution in [2.75, 3.05) is 13.1 Å². The first-order valence-electron chi connectivity index (χ1n) is 4.09. The minimum Gasteiger partial charge on any atom is -0.392 e. The van der Waals surface area contributed by atoms with Gasteiger partial charge in [0, 0.05) is 13.1 Å². The van der Waals surface area contributed by atoms with Crippen molar-refractivity contribution in [1.29, 1.82) is 0 Å². The molecule has 1 aliphatic heterocycles. The topological polar surface area (TPSA) is 90.5 Å². The Bertz CT molecular complexity index is 217. The molecule has 2 atom stereocenters. The summed E-state index contributed by atoms with van der Waals surface area (Å²) in [6.07, 6.45) is -0.575. The first-order chi connectivity index (χ1) is 6.09. The molecule has 0 bridgehead atoms. The van der Waals surface area contributed by atoms with Crippen LogP contribution in [0.2, 0.25) is 0 Å². The molecule has 0 spiro atoms. The summed E-state index contributed by atoms with van der Waals surface area (Å²) in [4.78, 5) is 21.9. The van der Waals surface area contributed by atoms with Crippen LogP contribution in [-0.4, -0.2) is 42.3 Å². The minimum atomic E-state index is -0.575. The lowest BCUT2D eigenvalue weighted by Gasteiger charge is -2.10. The number of hydrogen-bond acceptors (Lipinski definition) is 3. The average molecular weight is 187 g/mol. The summed E-state index contributed by atoms with van der Waals surface area (Å²) in [5.74, 6) is -0.278. The molecule has 13 heavy (non-hydrogen) atoms. The molecular formula is C7H13N3O3. The van der Waals surface area contributed by atoms with Crippen LogP contribution in [0.5, 0.6) is 0 Å². The number of amides is 3. The van der Waals surface area contributed by atoms with E-state index in [1.807, 2.05) is 0 Å².